The van der Waals surface area contributed by atoms with E-state index in [2.05, 4.69) is 10.0 Å². The van der Waals surface area contributed by atoms with Crippen molar-refractivity contribution in [3.8, 4) is 11.5 Å². The van der Waals surface area contributed by atoms with Gasteiger partial charge in [0.15, 0.2) is 19.0 Å². The van der Waals surface area contributed by atoms with E-state index in [0.29, 0.717) is 17.2 Å². The van der Waals surface area contributed by atoms with Crippen molar-refractivity contribution in [2.45, 2.75) is 4.90 Å². The summed E-state index contributed by atoms with van der Waals surface area (Å²) < 4.78 is 43.8. The number of sulfonamides is 1. The minimum Gasteiger partial charge on any atom is -0.495 e. The first-order valence-electron chi connectivity index (χ1n) is 10.4. The molecule has 3 aromatic carbocycles. The first-order chi connectivity index (χ1) is 17.2. The number of halogens is 1. The van der Waals surface area contributed by atoms with Crippen LogP contribution in [0.15, 0.2) is 65.6 Å². The van der Waals surface area contributed by atoms with Gasteiger partial charge in [-0.05, 0) is 48.5 Å². The molecule has 0 unspecified atom stereocenters. The average Bonchev–Trinajstić information content (AvgIpc) is 2.86. The largest absolute Gasteiger partial charge is 0.495 e. The molecular weight excluding hydrogens is 512 g/mol. The minimum absolute atomic E-state index is 0.120. The molecule has 4 rings (SSSR count). The number of ether oxygens (including phenoxy) is 3. The van der Waals surface area contributed by atoms with Crippen LogP contribution in [-0.4, -0.2) is 46.4 Å². The SMILES string of the molecule is COc1ccccc1NS(=O)(=O)c1cc(C(=O)OCC(=O)c2ccc3c(c2)NC(=O)CO3)ccc1Cl. The smallest absolute Gasteiger partial charge is 0.338 e. The highest BCUT2D eigenvalue weighted by Crippen LogP contribution is 2.30. The highest BCUT2D eigenvalue weighted by atomic mass is 35.5. The third-order valence-electron chi connectivity index (χ3n) is 5.08. The lowest BCUT2D eigenvalue weighted by Gasteiger charge is -2.18. The number of fused-ring (bicyclic) bond motifs is 1. The van der Waals surface area contributed by atoms with Gasteiger partial charge in [-0.1, -0.05) is 23.7 Å². The second kappa shape index (κ2) is 10.3. The van der Waals surface area contributed by atoms with Crippen LogP contribution in [0.5, 0.6) is 11.5 Å². The summed E-state index contributed by atoms with van der Waals surface area (Å²) in [7, 11) is -2.81. The summed E-state index contributed by atoms with van der Waals surface area (Å²) in [6, 6.07) is 14.4. The molecule has 0 spiro atoms. The fraction of sp³-hybridized carbons (Fsp3) is 0.125. The second-order valence-corrected chi connectivity index (χ2v) is 9.56. The molecule has 1 amide bonds. The van der Waals surface area contributed by atoms with Gasteiger partial charge in [0, 0.05) is 5.56 Å². The molecule has 12 heteroatoms. The molecule has 186 valence electrons. The molecule has 0 aliphatic carbocycles. The van der Waals surface area contributed by atoms with Gasteiger partial charge in [-0.2, -0.15) is 0 Å². The van der Waals surface area contributed by atoms with Crippen molar-refractivity contribution in [1.29, 1.82) is 0 Å². The lowest BCUT2D eigenvalue weighted by atomic mass is 10.1. The van der Waals surface area contributed by atoms with Crippen LogP contribution < -0.4 is 19.5 Å². The van der Waals surface area contributed by atoms with Crippen LogP contribution in [-0.2, 0) is 19.6 Å². The molecule has 1 aliphatic rings. The van der Waals surface area contributed by atoms with Crippen molar-refractivity contribution in [3.05, 3.63) is 76.8 Å². The molecule has 2 N–H and O–H groups in total. The van der Waals surface area contributed by atoms with Crippen LogP contribution in [0.3, 0.4) is 0 Å². The molecule has 0 atom stereocenters. The van der Waals surface area contributed by atoms with E-state index >= 15 is 0 Å². The van der Waals surface area contributed by atoms with Gasteiger partial charge in [0.25, 0.3) is 15.9 Å². The highest BCUT2D eigenvalue weighted by molar-refractivity contribution is 7.92. The standard InChI is InChI=1S/C24H19ClN2O8S/c1-33-20-5-3-2-4-17(20)27-36(31,32)22-11-15(6-8-16(22)25)24(30)35-12-19(28)14-7-9-21-18(10-14)26-23(29)13-34-21/h2-11,27H,12-13H2,1H3,(H,26,29). The monoisotopic (exact) mass is 530 g/mol. The zero-order chi connectivity index (χ0) is 25.9. The Morgan fingerprint density at radius 2 is 1.83 bits per heavy atom. The van der Waals surface area contributed by atoms with E-state index in [4.69, 9.17) is 25.8 Å². The number of ketones is 1. The quantitative estimate of drug-likeness (QED) is 0.333. The second-order valence-electron chi connectivity index (χ2n) is 7.50. The molecule has 0 fully saturated rings. The average molecular weight is 531 g/mol. The van der Waals surface area contributed by atoms with Crippen molar-refractivity contribution in [2.75, 3.05) is 30.4 Å². The maximum absolute atomic E-state index is 13.0. The number of para-hydroxylation sites is 2. The number of amides is 1. The van der Waals surface area contributed by atoms with Crippen LogP contribution in [0.25, 0.3) is 0 Å². The number of rotatable bonds is 8. The molecule has 1 heterocycles. The lowest BCUT2D eigenvalue weighted by molar-refractivity contribution is -0.118. The van der Waals surface area contributed by atoms with Crippen molar-refractivity contribution >= 4 is 50.7 Å². The molecule has 0 bridgehead atoms. The van der Waals surface area contributed by atoms with E-state index in [-0.39, 0.29) is 39.2 Å². The normalized spacial score (nSPS) is 12.6. The van der Waals surface area contributed by atoms with E-state index in [9.17, 15) is 22.8 Å². The van der Waals surface area contributed by atoms with Crippen LogP contribution >= 0.6 is 11.6 Å². The van der Waals surface area contributed by atoms with E-state index in [0.717, 1.165) is 6.07 Å². The summed E-state index contributed by atoms with van der Waals surface area (Å²) in [5.41, 5.74) is 0.575. The summed E-state index contributed by atoms with van der Waals surface area (Å²) in [5.74, 6) is -1.11. The Bertz CT molecular complexity index is 1470. The molecule has 0 radical (unpaired) electrons. The molecular formula is C24H19ClN2O8S. The maximum atomic E-state index is 13.0. The van der Waals surface area contributed by atoms with Crippen molar-refractivity contribution in [1.82, 2.24) is 0 Å². The third kappa shape index (κ3) is 5.42. The number of hydrogen-bond acceptors (Lipinski definition) is 8. The molecule has 0 saturated carbocycles. The van der Waals surface area contributed by atoms with Gasteiger partial charge in [0.05, 0.1) is 29.1 Å². The van der Waals surface area contributed by atoms with Gasteiger partial charge in [-0.3, -0.25) is 14.3 Å². The van der Waals surface area contributed by atoms with Gasteiger partial charge in [-0.15, -0.1) is 0 Å². The van der Waals surface area contributed by atoms with Gasteiger partial charge in [-0.25, -0.2) is 13.2 Å². The minimum atomic E-state index is -4.20. The zero-order valence-corrected chi connectivity index (χ0v) is 20.3. The number of nitrogens with one attached hydrogen (secondary N) is 2. The molecule has 3 aromatic rings. The Morgan fingerprint density at radius 3 is 2.61 bits per heavy atom. The Morgan fingerprint density at radius 1 is 1.08 bits per heavy atom. The van der Waals surface area contributed by atoms with E-state index in [1.54, 1.807) is 18.2 Å². The fourth-order valence-electron chi connectivity index (χ4n) is 3.32. The summed E-state index contributed by atoms with van der Waals surface area (Å²) in [4.78, 5) is 36.2. The molecule has 0 saturated heterocycles. The predicted molar refractivity (Wildman–Crippen MR) is 130 cm³/mol. The number of anilines is 2. The van der Waals surface area contributed by atoms with Gasteiger partial charge >= 0.3 is 5.97 Å². The maximum Gasteiger partial charge on any atom is 0.338 e. The Labute approximate surface area is 211 Å². The fourth-order valence-corrected chi connectivity index (χ4v) is 4.92. The highest BCUT2D eigenvalue weighted by Gasteiger charge is 2.23. The number of carbonyl (C=O) groups excluding carboxylic acids is 3. The Hall–Kier alpha value is -4.09. The lowest BCUT2D eigenvalue weighted by Crippen LogP contribution is -2.25. The summed E-state index contributed by atoms with van der Waals surface area (Å²) in [5, 5.41) is 2.47. The summed E-state index contributed by atoms with van der Waals surface area (Å²) in [6.07, 6.45) is 0. The van der Waals surface area contributed by atoms with Crippen molar-refractivity contribution in [3.63, 3.8) is 0 Å². The number of hydrogen-bond donors (Lipinski definition) is 2. The number of esters is 1. The van der Waals surface area contributed by atoms with Crippen LogP contribution in [0.1, 0.15) is 20.7 Å². The van der Waals surface area contributed by atoms with Crippen LogP contribution in [0, 0.1) is 0 Å². The van der Waals surface area contributed by atoms with Crippen LogP contribution in [0.4, 0.5) is 11.4 Å². The van der Waals surface area contributed by atoms with E-state index in [1.165, 1.54) is 43.5 Å². The summed E-state index contributed by atoms with van der Waals surface area (Å²) >= 11 is 6.10. The number of carbonyl (C=O) groups is 3. The first kappa shape index (κ1) is 25.0. The predicted octanol–water partition coefficient (Wildman–Crippen LogP) is 3.52. The molecule has 36 heavy (non-hydrogen) atoms. The number of methoxy groups -OCH3 is 1. The zero-order valence-electron chi connectivity index (χ0n) is 18.7. The topological polar surface area (TPSA) is 137 Å². The van der Waals surface area contributed by atoms with Crippen molar-refractivity contribution in [2.24, 2.45) is 0 Å². The number of benzene rings is 3. The van der Waals surface area contributed by atoms with Crippen molar-refractivity contribution < 1.29 is 37.0 Å². The van der Waals surface area contributed by atoms with Gasteiger partial charge in [0.1, 0.15) is 16.4 Å². The van der Waals surface area contributed by atoms with Gasteiger partial charge < -0.3 is 19.5 Å². The Balaban J connectivity index is 1.48. The molecule has 0 aromatic heterocycles. The molecule has 10 nitrogen and oxygen atoms in total. The Kier molecular flexibility index (Phi) is 7.13. The van der Waals surface area contributed by atoms with Crippen LogP contribution in [0.2, 0.25) is 5.02 Å². The van der Waals surface area contributed by atoms with E-state index in [1.807, 2.05) is 0 Å². The third-order valence-corrected chi connectivity index (χ3v) is 6.92. The first-order valence-corrected chi connectivity index (χ1v) is 12.3. The molecule has 1 aliphatic heterocycles. The number of Topliss-reactive ketones (excluding diaryl/α,β-unsaturated/α-hetero) is 1. The summed E-state index contributed by atoms with van der Waals surface area (Å²) in [6.45, 7) is -0.734. The van der Waals surface area contributed by atoms with E-state index < -0.39 is 28.4 Å². The van der Waals surface area contributed by atoms with Gasteiger partial charge in [0.2, 0.25) is 0 Å².